The van der Waals surface area contributed by atoms with E-state index in [1.807, 2.05) is 6.08 Å². The third kappa shape index (κ3) is 37.3. The zero-order valence-electron chi connectivity index (χ0n) is 58.4. The topological polar surface area (TPSA) is 307 Å². The summed E-state index contributed by atoms with van der Waals surface area (Å²) >= 11 is 0. The first kappa shape index (κ1) is 86.0. The van der Waals surface area contributed by atoms with Crippen molar-refractivity contribution in [3.05, 3.63) is 48.6 Å². The number of allylic oxidation sites excluding steroid dienone is 7. The number of unbranched alkanes of at least 4 members (excludes halogenated alkanes) is 37. The van der Waals surface area contributed by atoms with Gasteiger partial charge in [0.1, 0.15) is 73.2 Å². The summed E-state index contributed by atoms with van der Waals surface area (Å²) in [5, 5.41) is 121. The van der Waals surface area contributed by atoms with E-state index in [9.17, 15) is 61.0 Å². The normalized spacial score (nSPS) is 27.6. The molecule has 17 unspecified atom stereocenters. The summed E-state index contributed by atoms with van der Waals surface area (Å²) in [7, 11) is 0. The van der Waals surface area contributed by atoms with Crippen molar-refractivity contribution in [3.8, 4) is 0 Å². The third-order valence-electron chi connectivity index (χ3n) is 18.9. The minimum atomic E-state index is -1.98. The fraction of sp³-hybridized carbons (Fsp3) is 0.880. The van der Waals surface area contributed by atoms with Crippen LogP contribution in [0.3, 0.4) is 0 Å². The van der Waals surface area contributed by atoms with Crippen molar-refractivity contribution in [2.24, 2.45) is 0 Å². The van der Waals surface area contributed by atoms with Gasteiger partial charge in [0, 0.05) is 6.42 Å². The van der Waals surface area contributed by atoms with Crippen molar-refractivity contribution < 1.29 is 89.4 Å². The summed E-state index contributed by atoms with van der Waals surface area (Å²) in [6, 6.07) is -0.978. The average Bonchev–Trinajstić information content (AvgIpc) is 0.788. The molecule has 0 aromatic heterocycles. The van der Waals surface area contributed by atoms with Gasteiger partial charge in [0.05, 0.1) is 38.6 Å². The molecule has 3 saturated heterocycles. The molecule has 3 heterocycles. The Morgan fingerprint density at radius 1 is 0.383 bits per heavy atom. The van der Waals surface area contributed by atoms with Crippen LogP contribution in [0.4, 0.5) is 0 Å². The molecular formula is C75H137NO18. The van der Waals surface area contributed by atoms with Gasteiger partial charge in [-0.3, -0.25) is 4.79 Å². The maximum absolute atomic E-state index is 13.4. The SMILES string of the molecule is CCCCCCC/C=C\C/C=C\C/C=C\CCCCCCCCCCCCC(=O)NC(COC1OC(CO)C(OC2OC(CO)C(OC3OC(CO)C(O)C(O)C3O)C(O)C2O)C(O)C1O)C(O)/C=C/CCCCCCCCCCCCCCCCCCCCCCCC. The van der Waals surface area contributed by atoms with Gasteiger partial charge in [-0.15, -0.1) is 0 Å². The maximum atomic E-state index is 13.4. The maximum Gasteiger partial charge on any atom is 0.220 e. The van der Waals surface area contributed by atoms with Crippen molar-refractivity contribution in [1.29, 1.82) is 0 Å². The van der Waals surface area contributed by atoms with Crippen LogP contribution in [0.2, 0.25) is 0 Å². The molecule has 3 aliphatic rings. The van der Waals surface area contributed by atoms with Crippen LogP contribution in [-0.2, 0) is 33.2 Å². The largest absolute Gasteiger partial charge is 0.394 e. The molecule has 3 rings (SSSR count). The number of aliphatic hydroxyl groups excluding tert-OH is 11. The van der Waals surface area contributed by atoms with Crippen LogP contribution in [0, 0.1) is 0 Å². The van der Waals surface area contributed by atoms with E-state index in [1.54, 1.807) is 6.08 Å². The molecule has 1 amide bonds. The molecule has 19 nitrogen and oxygen atoms in total. The van der Waals surface area contributed by atoms with E-state index < -0.39 is 124 Å². The van der Waals surface area contributed by atoms with Crippen LogP contribution in [0.1, 0.15) is 290 Å². The Balaban J connectivity index is 1.42. The molecule has 94 heavy (non-hydrogen) atoms. The van der Waals surface area contributed by atoms with E-state index in [0.29, 0.717) is 6.42 Å². The van der Waals surface area contributed by atoms with Crippen LogP contribution in [0.25, 0.3) is 0 Å². The summed E-state index contributed by atoms with van der Waals surface area (Å²) in [6.07, 6.45) is 42.2. The van der Waals surface area contributed by atoms with Crippen LogP contribution in [0.5, 0.6) is 0 Å². The molecule has 0 aromatic carbocycles. The molecule has 17 atom stereocenters. The van der Waals surface area contributed by atoms with Crippen LogP contribution >= 0.6 is 0 Å². The van der Waals surface area contributed by atoms with Crippen molar-refractivity contribution in [1.82, 2.24) is 5.32 Å². The Kier molecular flexibility index (Phi) is 51.7. The number of ether oxygens (including phenoxy) is 6. The number of hydrogen-bond acceptors (Lipinski definition) is 18. The highest BCUT2D eigenvalue weighted by Crippen LogP contribution is 2.33. The molecular weight excluding hydrogens is 1200 g/mol. The molecule has 3 aliphatic heterocycles. The lowest BCUT2D eigenvalue weighted by Crippen LogP contribution is -2.66. The van der Waals surface area contributed by atoms with E-state index in [2.05, 4.69) is 55.6 Å². The summed E-state index contributed by atoms with van der Waals surface area (Å²) in [5.41, 5.74) is 0. The number of carbonyl (C=O) groups is 1. The monoisotopic (exact) mass is 1340 g/mol. The summed E-state index contributed by atoms with van der Waals surface area (Å²) in [4.78, 5) is 13.4. The second kappa shape index (κ2) is 56.5. The van der Waals surface area contributed by atoms with Crippen LogP contribution in [-0.4, -0.2) is 193 Å². The molecule has 0 bridgehead atoms. The number of aliphatic hydroxyl groups is 11. The standard InChI is InChI=1S/C75H137NO18/c1-3-5-7-9-11-13-15-17-19-21-23-25-27-29-31-33-35-37-39-41-43-45-47-49-51-53-63(81)76-58(59(80)52-50-48-46-44-42-40-38-36-34-32-30-28-26-24-22-20-18-16-14-12-10-8-6-4-2)57-89-73-69(87)66(84)71(61(55-78)91-73)94-75-70(88)67(85)72(62(56-79)92-75)93-74-68(86)65(83)64(82)60(54-77)90-74/h15,17,21,23,27,29,50,52,58-62,64-75,77-80,82-88H,3-14,16,18-20,22,24-26,28,30-49,51,53-57H2,1-2H3,(H,76,81)/b17-15-,23-21-,29-27-,52-50+. The van der Waals surface area contributed by atoms with Crippen molar-refractivity contribution in [3.63, 3.8) is 0 Å². The van der Waals surface area contributed by atoms with Gasteiger partial charge in [0.15, 0.2) is 18.9 Å². The Hall–Kier alpha value is -2.25. The number of carbonyl (C=O) groups excluding carboxylic acids is 1. The van der Waals surface area contributed by atoms with E-state index in [4.69, 9.17) is 28.4 Å². The molecule has 19 heteroatoms. The summed E-state index contributed by atoms with van der Waals surface area (Å²) in [6.45, 7) is 1.75. The Morgan fingerprint density at radius 3 is 1.10 bits per heavy atom. The molecule has 0 spiro atoms. The molecule has 12 N–H and O–H groups in total. The van der Waals surface area contributed by atoms with Gasteiger partial charge in [-0.1, -0.05) is 274 Å². The third-order valence-corrected chi connectivity index (χ3v) is 18.9. The van der Waals surface area contributed by atoms with E-state index in [1.165, 1.54) is 193 Å². The minimum Gasteiger partial charge on any atom is -0.394 e. The highest BCUT2D eigenvalue weighted by Gasteiger charge is 2.53. The highest BCUT2D eigenvalue weighted by molar-refractivity contribution is 5.76. The predicted octanol–water partition coefficient (Wildman–Crippen LogP) is 11.3. The van der Waals surface area contributed by atoms with Crippen molar-refractivity contribution in [2.75, 3.05) is 26.4 Å². The fourth-order valence-corrected chi connectivity index (χ4v) is 12.7. The molecule has 0 aliphatic carbocycles. The Labute approximate surface area is 567 Å². The lowest BCUT2D eigenvalue weighted by atomic mass is 9.96. The van der Waals surface area contributed by atoms with Crippen LogP contribution < -0.4 is 5.32 Å². The van der Waals surface area contributed by atoms with Gasteiger partial charge >= 0.3 is 0 Å². The number of hydrogen-bond donors (Lipinski definition) is 12. The lowest BCUT2D eigenvalue weighted by Gasteiger charge is -2.48. The number of nitrogens with one attached hydrogen (secondary N) is 1. The van der Waals surface area contributed by atoms with Gasteiger partial charge < -0.3 is 89.9 Å². The van der Waals surface area contributed by atoms with Gasteiger partial charge in [0.25, 0.3) is 0 Å². The number of rotatable bonds is 59. The first-order valence-electron chi connectivity index (χ1n) is 37.9. The first-order valence-corrected chi connectivity index (χ1v) is 37.9. The summed E-state index contributed by atoms with van der Waals surface area (Å²) < 4.78 is 34.4. The predicted molar refractivity (Wildman–Crippen MR) is 369 cm³/mol. The van der Waals surface area contributed by atoms with Crippen LogP contribution in [0.15, 0.2) is 48.6 Å². The van der Waals surface area contributed by atoms with Crippen molar-refractivity contribution >= 4 is 5.91 Å². The molecule has 0 radical (unpaired) electrons. The Morgan fingerprint density at radius 2 is 0.702 bits per heavy atom. The van der Waals surface area contributed by atoms with Gasteiger partial charge in [-0.05, 0) is 57.8 Å². The van der Waals surface area contributed by atoms with E-state index in [-0.39, 0.29) is 18.9 Å². The Bertz CT molecular complexity index is 1890. The van der Waals surface area contributed by atoms with Crippen molar-refractivity contribution in [2.45, 2.75) is 394 Å². The second-order valence-corrected chi connectivity index (χ2v) is 27.1. The van der Waals surface area contributed by atoms with Gasteiger partial charge in [-0.2, -0.15) is 0 Å². The second-order valence-electron chi connectivity index (χ2n) is 27.1. The highest BCUT2D eigenvalue weighted by atomic mass is 16.8. The number of amides is 1. The zero-order valence-corrected chi connectivity index (χ0v) is 58.4. The molecule has 3 fully saturated rings. The summed E-state index contributed by atoms with van der Waals surface area (Å²) in [5.74, 6) is -0.277. The average molecular weight is 1340 g/mol. The first-order chi connectivity index (χ1) is 45.8. The molecule has 550 valence electrons. The zero-order chi connectivity index (χ0) is 68.2. The fourth-order valence-electron chi connectivity index (χ4n) is 12.7. The molecule has 0 saturated carbocycles. The smallest absolute Gasteiger partial charge is 0.220 e. The quantitative estimate of drug-likeness (QED) is 0.0199. The molecule has 0 aromatic rings. The van der Waals surface area contributed by atoms with Gasteiger partial charge in [-0.25, -0.2) is 0 Å². The van der Waals surface area contributed by atoms with E-state index in [0.717, 1.165) is 70.6 Å². The van der Waals surface area contributed by atoms with E-state index >= 15 is 0 Å². The minimum absolute atomic E-state index is 0.238. The van der Waals surface area contributed by atoms with Gasteiger partial charge in [0.2, 0.25) is 5.91 Å². The lowest BCUT2D eigenvalue weighted by molar-refractivity contribution is -0.379.